The fraction of sp³-hybridized carbons (Fsp3) is 0.536. The van der Waals surface area contributed by atoms with Crippen LogP contribution in [0, 0.1) is 12.8 Å². The predicted molar refractivity (Wildman–Crippen MR) is 142 cm³/mol. The van der Waals surface area contributed by atoms with Crippen LogP contribution >= 0.6 is 0 Å². The van der Waals surface area contributed by atoms with E-state index in [1.54, 1.807) is 0 Å². The van der Waals surface area contributed by atoms with Crippen LogP contribution < -0.4 is 16.5 Å². The molecule has 2 rings (SSSR count). The van der Waals surface area contributed by atoms with Gasteiger partial charge in [-0.3, -0.25) is 9.78 Å². The Hall–Kier alpha value is -2.97. The van der Waals surface area contributed by atoms with Gasteiger partial charge in [-0.1, -0.05) is 45.0 Å². The molecule has 0 fully saturated rings. The van der Waals surface area contributed by atoms with Crippen molar-refractivity contribution in [1.82, 2.24) is 15.8 Å². The number of aromatic nitrogens is 1. The second-order valence-electron chi connectivity index (χ2n) is 10.4. The molecule has 4 N–H and O–H groups in total. The number of alkyl carbamates (subject to hydrolysis) is 1. The fourth-order valence-corrected chi connectivity index (χ4v) is 3.88. The van der Waals surface area contributed by atoms with Gasteiger partial charge in [-0.15, -0.1) is 5.48 Å². The van der Waals surface area contributed by atoms with Crippen molar-refractivity contribution in [3.8, 4) is 11.1 Å². The van der Waals surface area contributed by atoms with Crippen molar-refractivity contribution in [2.24, 2.45) is 11.7 Å². The first-order chi connectivity index (χ1) is 16.9. The van der Waals surface area contributed by atoms with Gasteiger partial charge in [0.15, 0.2) is 0 Å². The summed E-state index contributed by atoms with van der Waals surface area (Å²) in [7, 11) is 0. The topological polar surface area (TPSA) is 116 Å². The molecule has 1 amide bonds. The lowest BCUT2D eigenvalue weighted by Gasteiger charge is -2.24. The molecular formula is C28H42N4O4. The fourth-order valence-electron chi connectivity index (χ4n) is 3.88. The van der Waals surface area contributed by atoms with Crippen molar-refractivity contribution in [3.63, 3.8) is 0 Å². The highest BCUT2D eigenvalue weighted by Gasteiger charge is 2.22. The minimum absolute atomic E-state index is 0.251. The van der Waals surface area contributed by atoms with Crippen LogP contribution in [0.1, 0.15) is 82.5 Å². The van der Waals surface area contributed by atoms with Crippen LogP contribution in [0.15, 0.2) is 24.3 Å². The molecule has 8 heteroatoms. The molecule has 0 saturated heterocycles. The van der Waals surface area contributed by atoms with Gasteiger partial charge in [0.1, 0.15) is 5.60 Å². The Kier molecular flexibility index (Phi) is 10.9. The van der Waals surface area contributed by atoms with Crippen molar-refractivity contribution in [3.05, 3.63) is 52.3 Å². The highest BCUT2D eigenvalue weighted by Crippen LogP contribution is 2.33. The van der Waals surface area contributed by atoms with E-state index in [2.05, 4.69) is 24.6 Å². The lowest BCUT2D eigenvalue weighted by Crippen LogP contribution is -2.33. The summed E-state index contributed by atoms with van der Waals surface area (Å²) in [6, 6.07) is 8.05. The molecule has 0 atom stereocenters. The zero-order chi connectivity index (χ0) is 26.9. The summed E-state index contributed by atoms with van der Waals surface area (Å²) in [5, 5.41) is 2.91. The number of nitrogens with two attached hydrogens (primary N) is 1. The van der Waals surface area contributed by atoms with E-state index in [0.29, 0.717) is 25.3 Å². The van der Waals surface area contributed by atoms with E-state index in [1.165, 1.54) is 0 Å². The maximum Gasteiger partial charge on any atom is 0.407 e. The summed E-state index contributed by atoms with van der Waals surface area (Å²) < 4.78 is 5.47. The monoisotopic (exact) mass is 498 g/mol. The molecule has 0 spiro atoms. The number of carbonyl (C=O) groups is 2. The average molecular weight is 499 g/mol. The SMILES string of the molecule is CCCC(=O)ONCc1c(C)nc(CC(C)C)c(CNC(=O)OC(C)(C)C)c1-c1ccc(CN)cc1. The summed E-state index contributed by atoms with van der Waals surface area (Å²) in [6.07, 6.45) is 1.32. The van der Waals surface area contributed by atoms with Gasteiger partial charge < -0.3 is 20.6 Å². The third-order valence-corrected chi connectivity index (χ3v) is 5.47. The Morgan fingerprint density at radius 3 is 2.31 bits per heavy atom. The summed E-state index contributed by atoms with van der Waals surface area (Å²) in [4.78, 5) is 34.6. The summed E-state index contributed by atoms with van der Waals surface area (Å²) in [5.74, 6) is 0.0591. The Morgan fingerprint density at radius 1 is 1.08 bits per heavy atom. The smallest absolute Gasteiger partial charge is 0.407 e. The molecule has 0 radical (unpaired) electrons. The molecule has 0 aliphatic heterocycles. The van der Waals surface area contributed by atoms with E-state index in [1.807, 2.05) is 58.9 Å². The maximum atomic E-state index is 12.5. The summed E-state index contributed by atoms with van der Waals surface area (Å²) in [5.41, 5.74) is 14.6. The molecule has 1 heterocycles. The first-order valence-electron chi connectivity index (χ1n) is 12.6. The van der Waals surface area contributed by atoms with Crippen LogP contribution in [0.3, 0.4) is 0 Å². The van der Waals surface area contributed by atoms with Gasteiger partial charge in [-0.25, -0.2) is 4.79 Å². The quantitative estimate of drug-likeness (QED) is 0.370. The van der Waals surface area contributed by atoms with Crippen LogP contribution in [0.2, 0.25) is 0 Å². The molecule has 1 aromatic carbocycles. The highest BCUT2D eigenvalue weighted by atomic mass is 16.7. The zero-order valence-corrected chi connectivity index (χ0v) is 22.8. The van der Waals surface area contributed by atoms with E-state index in [0.717, 1.165) is 45.6 Å². The Morgan fingerprint density at radius 2 is 1.75 bits per heavy atom. The third-order valence-electron chi connectivity index (χ3n) is 5.47. The molecule has 0 aliphatic rings. The standard InChI is InChI=1S/C28H42N4O4/c1-8-9-25(33)36-31-17-22-19(4)32-24(14-18(2)3)23(16-30-27(34)35-28(5,6)7)26(22)21-12-10-20(15-29)11-13-21/h10-13,18,31H,8-9,14-17,29H2,1-7H3,(H,30,34). The van der Waals surface area contributed by atoms with E-state index < -0.39 is 11.7 Å². The molecule has 36 heavy (non-hydrogen) atoms. The predicted octanol–water partition coefficient (Wildman–Crippen LogP) is 5.09. The largest absolute Gasteiger partial charge is 0.444 e. The molecule has 0 saturated carbocycles. The molecule has 2 aromatic rings. The Balaban J connectivity index is 2.57. The van der Waals surface area contributed by atoms with Crippen LogP contribution in [-0.4, -0.2) is 22.6 Å². The number of carbonyl (C=O) groups excluding carboxylic acids is 2. The second kappa shape index (κ2) is 13.4. The van der Waals surface area contributed by atoms with E-state index in [9.17, 15) is 9.59 Å². The van der Waals surface area contributed by atoms with E-state index in [4.69, 9.17) is 20.3 Å². The molecule has 0 aliphatic carbocycles. The van der Waals surface area contributed by atoms with Crippen molar-refractivity contribution < 1.29 is 19.2 Å². The summed E-state index contributed by atoms with van der Waals surface area (Å²) in [6.45, 7) is 14.6. The number of rotatable bonds is 11. The molecule has 8 nitrogen and oxygen atoms in total. The molecule has 198 valence electrons. The van der Waals surface area contributed by atoms with Gasteiger partial charge in [0, 0.05) is 36.5 Å². The summed E-state index contributed by atoms with van der Waals surface area (Å²) >= 11 is 0. The van der Waals surface area contributed by atoms with Crippen LogP contribution in [0.4, 0.5) is 4.79 Å². The number of hydroxylamine groups is 1. The normalized spacial score (nSPS) is 11.5. The number of nitrogens with zero attached hydrogens (tertiary/aromatic N) is 1. The van der Waals surface area contributed by atoms with Crippen LogP contribution in [-0.2, 0) is 40.4 Å². The van der Waals surface area contributed by atoms with Crippen LogP contribution in [0.25, 0.3) is 11.1 Å². The van der Waals surface area contributed by atoms with Crippen molar-refractivity contribution >= 4 is 12.1 Å². The minimum Gasteiger partial charge on any atom is -0.444 e. The first-order valence-corrected chi connectivity index (χ1v) is 12.6. The maximum absolute atomic E-state index is 12.5. The lowest BCUT2D eigenvalue weighted by molar-refractivity contribution is -0.151. The van der Waals surface area contributed by atoms with Crippen LogP contribution in [0.5, 0.6) is 0 Å². The van der Waals surface area contributed by atoms with Crippen molar-refractivity contribution in [1.29, 1.82) is 0 Å². The van der Waals surface area contributed by atoms with E-state index >= 15 is 0 Å². The zero-order valence-electron chi connectivity index (χ0n) is 22.8. The van der Waals surface area contributed by atoms with Crippen molar-refractivity contribution in [2.75, 3.05) is 0 Å². The Bertz CT molecular complexity index is 1030. The highest BCUT2D eigenvalue weighted by molar-refractivity contribution is 5.74. The number of aryl methyl sites for hydroxylation is 1. The lowest BCUT2D eigenvalue weighted by atomic mass is 9.89. The van der Waals surface area contributed by atoms with E-state index in [-0.39, 0.29) is 19.1 Å². The van der Waals surface area contributed by atoms with Gasteiger partial charge in [0.2, 0.25) is 0 Å². The van der Waals surface area contributed by atoms with Crippen molar-refractivity contribution in [2.45, 2.75) is 93.0 Å². The number of hydrogen-bond acceptors (Lipinski definition) is 7. The first kappa shape index (κ1) is 29.3. The van der Waals surface area contributed by atoms with Gasteiger partial charge in [0.05, 0.1) is 6.54 Å². The number of pyridine rings is 1. The number of benzene rings is 1. The number of hydrogen-bond donors (Lipinski definition) is 3. The number of ether oxygens (including phenoxy) is 1. The molecule has 0 bridgehead atoms. The molecular weight excluding hydrogens is 456 g/mol. The third kappa shape index (κ3) is 8.91. The average Bonchev–Trinajstić information content (AvgIpc) is 2.78. The van der Waals surface area contributed by atoms with Gasteiger partial charge >= 0.3 is 12.1 Å². The van der Waals surface area contributed by atoms with Gasteiger partial charge in [-0.2, -0.15) is 0 Å². The minimum atomic E-state index is -0.602. The van der Waals surface area contributed by atoms with Gasteiger partial charge in [0.25, 0.3) is 0 Å². The number of nitrogens with one attached hydrogen (secondary N) is 2. The number of amides is 1. The van der Waals surface area contributed by atoms with Gasteiger partial charge in [-0.05, 0) is 68.7 Å². The second-order valence-corrected chi connectivity index (χ2v) is 10.4. The molecule has 1 aromatic heterocycles. The Labute approximate surface area is 215 Å². The molecule has 0 unspecified atom stereocenters.